The van der Waals surface area contributed by atoms with Gasteiger partial charge in [-0.05, 0) is 23.8 Å². The summed E-state index contributed by atoms with van der Waals surface area (Å²) >= 11 is 5.70. The van der Waals surface area contributed by atoms with E-state index >= 15 is 0 Å². The maximum Gasteiger partial charge on any atom is 0.513 e. The van der Waals surface area contributed by atoms with E-state index in [1.54, 1.807) is 24.3 Å². The Labute approximate surface area is 118 Å². The largest absolute Gasteiger partial charge is 0.513 e. The van der Waals surface area contributed by atoms with Crippen molar-refractivity contribution in [2.75, 3.05) is 0 Å². The first kappa shape index (κ1) is 14.7. The molecule has 0 fully saturated rings. The first-order valence-electron chi connectivity index (χ1n) is 5.73. The first-order valence-corrected chi connectivity index (χ1v) is 6.11. The summed E-state index contributed by atoms with van der Waals surface area (Å²) < 4.78 is 56.5. The minimum atomic E-state index is -5.25. The van der Waals surface area contributed by atoms with Crippen molar-refractivity contribution in [2.24, 2.45) is 0 Å². The molecule has 1 nitrogen and oxygen atoms in total. The van der Waals surface area contributed by atoms with Gasteiger partial charge in [0.05, 0.1) is 5.75 Å². The summed E-state index contributed by atoms with van der Waals surface area (Å²) in [6, 6.07) is 8.63. The molecule has 2 aromatic rings. The Morgan fingerprint density at radius 1 is 1.00 bits per heavy atom. The summed E-state index contributed by atoms with van der Waals surface area (Å²) in [5.41, 5.74) is -0.306. The smallest absolute Gasteiger partial charge is 0.492 e. The standard InChI is InChI=1S/C13H9BClF4O/c15-10-3-1-9(2-4-10)8-20-13-7-11(16)5-6-12(13)14(17,18)19/h1-7H,8H2/q-1. The lowest BCUT2D eigenvalue weighted by Crippen LogP contribution is -2.35. The Morgan fingerprint density at radius 3 is 2.25 bits per heavy atom. The van der Waals surface area contributed by atoms with Gasteiger partial charge in [-0.3, -0.25) is 0 Å². The summed E-state index contributed by atoms with van der Waals surface area (Å²) in [5, 5.41) is 0.513. The molecule has 2 rings (SSSR count). The summed E-state index contributed by atoms with van der Waals surface area (Å²) in [6.45, 7) is -5.35. The van der Waals surface area contributed by atoms with Crippen LogP contribution in [-0.4, -0.2) is 6.98 Å². The van der Waals surface area contributed by atoms with Crippen LogP contribution in [0.4, 0.5) is 17.3 Å². The van der Waals surface area contributed by atoms with Gasteiger partial charge in [0.1, 0.15) is 12.4 Å². The van der Waals surface area contributed by atoms with E-state index in [2.05, 4.69) is 0 Å². The molecule has 0 aliphatic heterocycles. The third-order valence-electron chi connectivity index (χ3n) is 2.64. The van der Waals surface area contributed by atoms with E-state index in [9.17, 15) is 17.3 Å². The summed E-state index contributed by atoms with van der Waals surface area (Å²) in [7, 11) is 0. The van der Waals surface area contributed by atoms with Crippen molar-refractivity contribution < 1.29 is 22.1 Å². The summed E-state index contributed by atoms with van der Waals surface area (Å²) in [4.78, 5) is 0. The third kappa shape index (κ3) is 3.66. The van der Waals surface area contributed by atoms with Gasteiger partial charge in [0.15, 0.2) is 0 Å². The van der Waals surface area contributed by atoms with Crippen LogP contribution in [0.2, 0.25) is 5.02 Å². The van der Waals surface area contributed by atoms with Crippen molar-refractivity contribution in [3.8, 4) is 5.75 Å². The molecular weight excluding hydrogens is 294 g/mol. The van der Waals surface area contributed by atoms with Gasteiger partial charge in [0, 0.05) is 11.1 Å². The number of hydrogen-bond acceptors (Lipinski definition) is 1. The van der Waals surface area contributed by atoms with Gasteiger partial charge < -0.3 is 17.7 Å². The van der Waals surface area contributed by atoms with Gasteiger partial charge in [-0.2, -0.15) is 0 Å². The predicted octanol–water partition coefficient (Wildman–Crippen LogP) is 4.11. The maximum atomic E-state index is 13.1. The zero-order valence-corrected chi connectivity index (χ0v) is 10.9. The highest BCUT2D eigenvalue weighted by atomic mass is 35.5. The second-order valence-corrected chi connectivity index (χ2v) is 4.61. The maximum absolute atomic E-state index is 13.1. The van der Waals surface area contributed by atoms with Gasteiger partial charge >= 0.3 is 6.98 Å². The van der Waals surface area contributed by atoms with Crippen LogP contribution in [0, 0.1) is 5.82 Å². The Balaban J connectivity index is 2.20. The summed E-state index contributed by atoms with van der Waals surface area (Å²) in [5.74, 6) is -1.28. The highest BCUT2D eigenvalue weighted by Gasteiger charge is 2.29. The second-order valence-electron chi connectivity index (χ2n) is 4.17. The molecule has 0 bridgehead atoms. The molecule has 0 aliphatic carbocycles. The van der Waals surface area contributed by atoms with Crippen molar-refractivity contribution >= 4 is 24.0 Å². The van der Waals surface area contributed by atoms with Crippen LogP contribution < -0.4 is 10.2 Å². The predicted molar refractivity (Wildman–Crippen MR) is 70.9 cm³/mol. The molecular formula is C13H9BClF4O-. The quantitative estimate of drug-likeness (QED) is 0.610. The van der Waals surface area contributed by atoms with Gasteiger partial charge in [-0.15, -0.1) is 0 Å². The lowest BCUT2D eigenvalue weighted by molar-refractivity contribution is 0.305. The fraction of sp³-hybridized carbons (Fsp3) is 0.0769. The third-order valence-corrected chi connectivity index (χ3v) is 2.89. The minimum absolute atomic E-state index is 0.0974. The molecule has 20 heavy (non-hydrogen) atoms. The normalized spacial score (nSPS) is 11.4. The van der Waals surface area contributed by atoms with Crippen LogP contribution in [-0.2, 0) is 6.61 Å². The lowest BCUT2D eigenvalue weighted by atomic mass is 9.79. The van der Waals surface area contributed by atoms with Crippen molar-refractivity contribution in [2.45, 2.75) is 6.61 Å². The highest BCUT2D eigenvalue weighted by molar-refractivity contribution is 6.74. The molecule has 0 atom stereocenters. The van der Waals surface area contributed by atoms with Gasteiger partial charge in [-0.1, -0.05) is 35.3 Å². The minimum Gasteiger partial charge on any atom is -0.492 e. The van der Waals surface area contributed by atoms with Crippen LogP contribution in [0.15, 0.2) is 42.5 Å². The van der Waals surface area contributed by atoms with Crippen LogP contribution in [0.3, 0.4) is 0 Å². The molecule has 0 aromatic heterocycles. The molecule has 0 aliphatic rings. The molecule has 0 amide bonds. The molecule has 106 valence electrons. The zero-order chi connectivity index (χ0) is 14.8. The second kappa shape index (κ2) is 5.75. The molecule has 0 unspecified atom stereocenters. The van der Waals surface area contributed by atoms with Crippen molar-refractivity contribution in [3.63, 3.8) is 0 Å². The molecule has 0 saturated heterocycles. The van der Waals surface area contributed by atoms with Crippen molar-refractivity contribution in [1.82, 2.24) is 0 Å². The molecule has 2 aromatic carbocycles. The molecule has 7 heteroatoms. The van der Waals surface area contributed by atoms with Crippen LogP contribution in [0.25, 0.3) is 0 Å². The van der Waals surface area contributed by atoms with Gasteiger partial charge in [-0.25, -0.2) is 4.39 Å². The van der Waals surface area contributed by atoms with E-state index < -0.39 is 24.0 Å². The SMILES string of the molecule is Fc1ccc([B-](F)(F)F)c(OCc2ccc(Cl)cc2)c1. The topological polar surface area (TPSA) is 9.23 Å². The number of hydrogen-bond donors (Lipinski definition) is 0. The van der Waals surface area contributed by atoms with Crippen molar-refractivity contribution in [3.05, 3.63) is 58.9 Å². The fourth-order valence-corrected chi connectivity index (χ4v) is 1.77. The average Bonchev–Trinajstić information content (AvgIpc) is 2.36. The fourth-order valence-electron chi connectivity index (χ4n) is 1.65. The van der Waals surface area contributed by atoms with Crippen molar-refractivity contribution in [1.29, 1.82) is 0 Å². The van der Waals surface area contributed by atoms with E-state index in [1.807, 2.05) is 0 Å². The highest BCUT2D eigenvalue weighted by Crippen LogP contribution is 2.20. The first-order chi connectivity index (χ1) is 9.36. The summed E-state index contributed by atoms with van der Waals surface area (Å²) in [6.07, 6.45) is 0. The van der Waals surface area contributed by atoms with E-state index in [0.29, 0.717) is 16.7 Å². The monoisotopic (exact) mass is 303 g/mol. The van der Waals surface area contributed by atoms with E-state index in [-0.39, 0.29) is 6.61 Å². The number of ether oxygens (including phenoxy) is 1. The molecule has 0 heterocycles. The van der Waals surface area contributed by atoms with E-state index in [0.717, 1.165) is 12.1 Å². The molecule has 0 N–H and O–H groups in total. The number of benzene rings is 2. The molecule has 0 radical (unpaired) electrons. The number of halogens is 5. The lowest BCUT2D eigenvalue weighted by Gasteiger charge is -2.19. The Bertz CT molecular complexity index is 598. The molecule has 0 saturated carbocycles. The van der Waals surface area contributed by atoms with Crippen LogP contribution >= 0.6 is 11.6 Å². The van der Waals surface area contributed by atoms with Gasteiger partial charge in [0.25, 0.3) is 0 Å². The van der Waals surface area contributed by atoms with Gasteiger partial charge in [0.2, 0.25) is 0 Å². The zero-order valence-electron chi connectivity index (χ0n) is 10.1. The van der Waals surface area contributed by atoms with Crippen LogP contribution in [0.1, 0.15) is 5.56 Å². The van der Waals surface area contributed by atoms with E-state index in [4.69, 9.17) is 16.3 Å². The van der Waals surface area contributed by atoms with E-state index in [1.165, 1.54) is 0 Å². The number of rotatable bonds is 4. The average molecular weight is 303 g/mol. The Hall–Kier alpha value is -1.69. The Morgan fingerprint density at radius 2 is 1.65 bits per heavy atom. The Kier molecular flexibility index (Phi) is 4.23. The molecule has 0 spiro atoms. The van der Waals surface area contributed by atoms with Crippen LogP contribution in [0.5, 0.6) is 5.75 Å².